The number of H-pyrrole nitrogens is 1. The number of aryl methyl sites for hydroxylation is 1. The number of aromatic amines is 1. The molecule has 0 saturated carbocycles. The molecule has 1 aliphatic rings. The van der Waals surface area contributed by atoms with E-state index in [0.29, 0.717) is 42.7 Å². The Balaban J connectivity index is 1.21. The van der Waals surface area contributed by atoms with E-state index in [0.717, 1.165) is 47.9 Å². The fraction of sp³-hybridized carbons (Fsp3) is 0.438. The van der Waals surface area contributed by atoms with Crippen molar-refractivity contribution in [1.82, 2.24) is 35.2 Å². The van der Waals surface area contributed by atoms with E-state index in [2.05, 4.69) is 37.8 Å². The van der Waals surface area contributed by atoms with Crippen molar-refractivity contribution >= 4 is 23.5 Å². The van der Waals surface area contributed by atoms with Crippen LogP contribution in [0.25, 0.3) is 22.5 Å². The highest BCUT2D eigenvalue weighted by Gasteiger charge is 2.26. The maximum atomic E-state index is 13.4. The van der Waals surface area contributed by atoms with E-state index in [1.54, 1.807) is 9.58 Å². The van der Waals surface area contributed by atoms with Gasteiger partial charge in [0.1, 0.15) is 12.4 Å². The van der Waals surface area contributed by atoms with Crippen LogP contribution in [-0.2, 0) is 32.1 Å². The number of benzene rings is 2. The molecule has 4 aromatic rings. The summed E-state index contributed by atoms with van der Waals surface area (Å²) < 4.78 is 12.5. The Morgan fingerprint density at radius 3 is 2.54 bits per heavy atom. The van der Waals surface area contributed by atoms with Crippen LogP contribution in [0.2, 0.25) is 5.15 Å². The zero-order chi connectivity index (χ0) is 33.9. The number of unbranched alkanes of at least 4 members (excludes halogenated alkanes) is 1. The van der Waals surface area contributed by atoms with Crippen LogP contribution < -0.4 is 0 Å². The summed E-state index contributed by atoms with van der Waals surface area (Å²) in [7, 11) is 0. The highest BCUT2D eigenvalue weighted by atomic mass is 35.5. The number of hydrogen-bond acceptors (Lipinski definition) is 10. The maximum absolute atomic E-state index is 13.4. The number of aromatic nitrogens is 6. The molecule has 1 saturated heterocycles. The SMILES string of the molecule is CCCCc1nc(Cl)c(C(=O)OC(C)OC(=O)CCCO/N=[N+](\O)N2CCCC2)n1Cc1ccc(-c2ccccc2-c2nnn[nH]2)cc1. The van der Waals surface area contributed by atoms with E-state index in [4.69, 9.17) is 25.9 Å². The van der Waals surface area contributed by atoms with E-state index in [1.807, 2.05) is 48.5 Å². The Morgan fingerprint density at radius 2 is 1.83 bits per heavy atom. The molecule has 0 aliphatic carbocycles. The molecule has 2 aromatic heterocycles. The van der Waals surface area contributed by atoms with Crippen molar-refractivity contribution in [3.8, 4) is 22.5 Å². The Morgan fingerprint density at radius 1 is 1.08 bits per heavy atom. The average molecular weight is 681 g/mol. The lowest BCUT2D eigenvalue weighted by Gasteiger charge is -2.16. The van der Waals surface area contributed by atoms with Gasteiger partial charge in [-0.3, -0.25) is 4.79 Å². The van der Waals surface area contributed by atoms with Crippen LogP contribution in [0.3, 0.4) is 0 Å². The number of carbonyl (C=O) groups is 2. The number of nitrogens with zero attached hydrogens (tertiary/aromatic N) is 8. The van der Waals surface area contributed by atoms with Crippen LogP contribution in [-0.4, -0.2) is 83.3 Å². The van der Waals surface area contributed by atoms with Crippen molar-refractivity contribution in [3.05, 3.63) is 70.8 Å². The largest absolute Gasteiger partial charge is 0.425 e. The predicted octanol–water partition coefficient (Wildman–Crippen LogP) is 5.40. The van der Waals surface area contributed by atoms with Gasteiger partial charge >= 0.3 is 11.9 Å². The number of carbonyl (C=O) groups excluding carboxylic acids is 2. The molecule has 1 atom stereocenters. The van der Waals surface area contributed by atoms with E-state index < -0.39 is 18.2 Å². The molecular weight excluding hydrogens is 642 g/mol. The molecule has 5 rings (SSSR count). The number of esters is 2. The van der Waals surface area contributed by atoms with Crippen LogP contribution in [0, 0.1) is 0 Å². The molecule has 0 amide bonds. The van der Waals surface area contributed by atoms with Gasteiger partial charge in [-0.05, 0) is 52.8 Å². The molecule has 16 heteroatoms. The number of hydrogen-bond donors (Lipinski definition) is 2. The zero-order valence-corrected chi connectivity index (χ0v) is 27.7. The molecule has 0 bridgehead atoms. The first-order valence-corrected chi connectivity index (χ1v) is 16.4. The fourth-order valence-electron chi connectivity index (χ4n) is 5.32. The summed E-state index contributed by atoms with van der Waals surface area (Å²) in [5.74, 6) is -0.112. The van der Waals surface area contributed by atoms with Crippen LogP contribution in [0.5, 0.6) is 0 Å². The maximum Gasteiger partial charge on any atom is 0.361 e. The minimum Gasteiger partial charge on any atom is -0.425 e. The standard InChI is InChI=1S/C32H39ClN9O6/c1-3-4-12-27-34-30(33)29(32(44)48-22(2)47-28(43)13-9-20-46-39-42(45)40-18-7-8-19-40)41(27)21-23-14-16-24(17-15-23)25-10-5-6-11-26(25)31-35-37-38-36-31/h5-6,10-11,14-17,22H,3-4,7-9,12-13,18-21H2,1-2H3,(H,39,45)(H,35,36,37,38)/q+1. The molecule has 15 nitrogen and oxygen atoms in total. The van der Waals surface area contributed by atoms with Gasteiger partial charge in [-0.2, -0.15) is 0 Å². The lowest BCUT2D eigenvalue weighted by Crippen LogP contribution is -2.29. The number of hydrazine groups is 1. The number of nitrogens with one attached hydrogen (secondary N) is 1. The summed E-state index contributed by atoms with van der Waals surface area (Å²) in [5.41, 5.74) is 3.79. The second-order valence-corrected chi connectivity index (χ2v) is 11.6. The Kier molecular flexibility index (Phi) is 11.9. The number of imidazole rings is 1. The molecule has 2 N–H and O–H groups in total. The topological polar surface area (TPSA) is 173 Å². The Hall–Kier alpha value is -5.05. The first-order valence-electron chi connectivity index (χ1n) is 16.0. The van der Waals surface area contributed by atoms with Crippen molar-refractivity contribution in [1.29, 1.82) is 0 Å². The van der Waals surface area contributed by atoms with Crippen LogP contribution >= 0.6 is 11.6 Å². The van der Waals surface area contributed by atoms with E-state index >= 15 is 0 Å². The third-order valence-corrected chi connectivity index (χ3v) is 8.00. The molecule has 2 aromatic carbocycles. The molecule has 0 spiro atoms. The smallest absolute Gasteiger partial charge is 0.361 e. The number of tetrazole rings is 1. The lowest BCUT2D eigenvalue weighted by atomic mass is 9.98. The van der Waals surface area contributed by atoms with Gasteiger partial charge in [0.15, 0.2) is 16.7 Å². The molecule has 1 aliphatic heterocycles. The van der Waals surface area contributed by atoms with Gasteiger partial charge in [0.05, 0.1) is 13.1 Å². The second-order valence-electron chi connectivity index (χ2n) is 11.3. The van der Waals surface area contributed by atoms with Crippen molar-refractivity contribution in [3.63, 3.8) is 0 Å². The van der Waals surface area contributed by atoms with E-state index in [9.17, 15) is 14.8 Å². The lowest BCUT2D eigenvalue weighted by molar-refractivity contribution is -0.939. The summed E-state index contributed by atoms with van der Waals surface area (Å²) in [6.45, 7) is 5.34. The summed E-state index contributed by atoms with van der Waals surface area (Å²) in [6, 6.07) is 15.8. The van der Waals surface area contributed by atoms with Crippen molar-refractivity contribution in [2.24, 2.45) is 5.28 Å². The number of ether oxygens (including phenoxy) is 2. The zero-order valence-electron chi connectivity index (χ0n) is 26.9. The van der Waals surface area contributed by atoms with Gasteiger partial charge in [-0.1, -0.05) is 73.5 Å². The normalized spacial score (nSPS) is 13.8. The number of halogens is 1. The monoisotopic (exact) mass is 680 g/mol. The van der Waals surface area contributed by atoms with Crippen molar-refractivity contribution in [2.75, 3.05) is 19.7 Å². The van der Waals surface area contributed by atoms with Crippen molar-refractivity contribution < 1.29 is 34.1 Å². The summed E-state index contributed by atoms with van der Waals surface area (Å²) in [5, 5.41) is 29.3. The first-order chi connectivity index (χ1) is 23.3. The van der Waals surface area contributed by atoms with Gasteiger partial charge in [0, 0.05) is 31.9 Å². The molecular formula is C32H39ClN9O6+. The quantitative estimate of drug-likeness (QED) is 0.0388. The van der Waals surface area contributed by atoms with Gasteiger partial charge in [0.2, 0.25) is 6.29 Å². The minimum atomic E-state index is -1.17. The minimum absolute atomic E-state index is 0.00215. The van der Waals surface area contributed by atoms with Gasteiger partial charge < -0.3 is 18.9 Å². The molecule has 254 valence electrons. The van der Waals surface area contributed by atoms with Crippen LogP contribution in [0.4, 0.5) is 0 Å². The summed E-state index contributed by atoms with van der Waals surface area (Å²) in [4.78, 5) is 36.0. The highest BCUT2D eigenvalue weighted by molar-refractivity contribution is 6.32. The van der Waals surface area contributed by atoms with E-state index in [1.165, 1.54) is 6.92 Å². The second kappa shape index (κ2) is 16.7. The molecule has 0 radical (unpaired) electrons. The van der Waals surface area contributed by atoms with Gasteiger partial charge in [-0.15, -0.1) is 10.1 Å². The summed E-state index contributed by atoms with van der Waals surface area (Å²) in [6.07, 6.45) is 3.48. The van der Waals surface area contributed by atoms with Gasteiger partial charge in [0.25, 0.3) is 10.2 Å². The molecule has 3 heterocycles. The summed E-state index contributed by atoms with van der Waals surface area (Å²) >= 11 is 6.51. The average Bonchev–Trinajstić information content (AvgIpc) is 3.87. The third kappa shape index (κ3) is 8.85. The van der Waals surface area contributed by atoms with Crippen LogP contribution in [0.1, 0.15) is 74.2 Å². The first kappa shape index (κ1) is 34.3. The molecule has 1 fully saturated rings. The fourth-order valence-corrected chi connectivity index (χ4v) is 5.60. The number of rotatable bonds is 16. The van der Waals surface area contributed by atoms with Gasteiger partial charge in [-0.25, -0.2) is 20.1 Å². The predicted molar refractivity (Wildman–Crippen MR) is 171 cm³/mol. The van der Waals surface area contributed by atoms with Crippen molar-refractivity contribution in [2.45, 2.75) is 71.6 Å². The third-order valence-electron chi connectivity index (χ3n) is 7.74. The molecule has 48 heavy (non-hydrogen) atoms. The Labute approximate surface area is 282 Å². The van der Waals surface area contributed by atoms with Crippen LogP contribution in [0.15, 0.2) is 53.8 Å². The highest BCUT2D eigenvalue weighted by Crippen LogP contribution is 2.30. The molecule has 1 unspecified atom stereocenters. The van der Waals surface area contributed by atoms with E-state index in [-0.39, 0.29) is 30.3 Å². The Bertz CT molecular complexity index is 1690.